The maximum atomic E-state index is 10.3. The van der Waals surface area contributed by atoms with E-state index in [4.69, 9.17) is 4.99 Å². The van der Waals surface area contributed by atoms with E-state index in [1.165, 1.54) is 6.07 Å². The van der Waals surface area contributed by atoms with E-state index in [0.29, 0.717) is 5.39 Å². The van der Waals surface area contributed by atoms with Gasteiger partial charge in [0.15, 0.2) is 11.5 Å². The monoisotopic (exact) mass is 291 g/mol. The summed E-state index contributed by atoms with van der Waals surface area (Å²) < 4.78 is 0. The van der Waals surface area contributed by atoms with Gasteiger partial charge < -0.3 is 10.2 Å². The highest BCUT2D eigenvalue weighted by Crippen LogP contribution is 2.46. The van der Waals surface area contributed by atoms with Crippen molar-refractivity contribution in [3.63, 3.8) is 0 Å². The zero-order chi connectivity index (χ0) is 15.4. The Bertz CT molecular complexity index is 970. The molecular formula is C19H17NO2. The summed E-state index contributed by atoms with van der Waals surface area (Å²) in [5.74, 6) is -0.136. The number of rotatable bonds is 2. The standard InChI is InChI=1S/C19H17NO2/c1-3-4-14-12-7-10(2)8-13-17-11(5-6-16(21)19(17)22)9-15(20-14)18(12)13/h5-9,21-22H,3-4H2,1-2H3. The third-order valence-corrected chi connectivity index (χ3v) is 4.34. The normalized spacial score (nSPS) is 13.1. The number of phenolic OH excluding ortho intramolecular Hbond substituents is 2. The molecule has 1 heterocycles. The average molecular weight is 291 g/mol. The Balaban J connectivity index is 2.21. The Morgan fingerprint density at radius 3 is 2.64 bits per heavy atom. The predicted molar refractivity (Wildman–Crippen MR) is 90.6 cm³/mol. The molecule has 0 unspecified atom stereocenters. The molecular weight excluding hydrogens is 274 g/mol. The fourth-order valence-corrected chi connectivity index (χ4v) is 3.43. The largest absolute Gasteiger partial charge is 0.504 e. The summed E-state index contributed by atoms with van der Waals surface area (Å²) in [5, 5.41) is 23.8. The summed E-state index contributed by atoms with van der Waals surface area (Å²) in [4.78, 5) is 4.80. The van der Waals surface area contributed by atoms with E-state index in [9.17, 15) is 10.2 Å². The van der Waals surface area contributed by atoms with Gasteiger partial charge in [0.1, 0.15) is 0 Å². The molecule has 1 aliphatic rings. The molecule has 2 N–H and O–H groups in total. The topological polar surface area (TPSA) is 52.8 Å². The quantitative estimate of drug-likeness (QED) is 0.518. The minimum Gasteiger partial charge on any atom is -0.504 e. The number of phenols is 2. The van der Waals surface area contributed by atoms with Crippen molar-refractivity contribution < 1.29 is 10.2 Å². The van der Waals surface area contributed by atoms with Crippen molar-refractivity contribution in [1.82, 2.24) is 0 Å². The zero-order valence-corrected chi connectivity index (χ0v) is 12.6. The van der Waals surface area contributed by atoms with Crippen molar-refractivity contribution in [3.8, 4) is 11.5 Å². The molecule has 0 radical (unpaired) electrons. The number of aryl methyl sites for hydroxylation is 1. The van der Waals surface area contributed by atoms with Crippen molar-refractivity contribution in [2.75, 3.05) is 0 Å². The lowest BCUT2D eigenvalue weighted by molar-refractivity contribution is 0.408. The first kappa shape index (κ1) is 13.1. The van der Waals surface area contributed by atoms with Gasteiger partial charge in [-0.3, -0.25) is 4.99 Å². The lowest BCUT2D eigenvalue weighted by Gasteiger charge is -2.10. The number of fused-ring (bicyclic) bond motifs is 2. The molecule has 0 bridgehead atoms. The van der Waals surface area contributed by atoms with Crippen LogP contribution >= 0.6 is 0 Å². The second kappa shape index (κ2) is 4.47. The van der Waals surface area contributed by atoms with Gasteiger partial charge in [-0.25, -0.2) is 0 Å². The number of aromatic hydroxyl groups is 2. The van der Waals surface area contributed by atoms with Crippen LogP contribution in [0.4, 0.5) is 5.69 Å². The summed E-state index contributed by atoms with van der Waals surface area (Å²) in [6, 6.07) is 9.58. The van der Waals surface area contributed by atoms with Gasteiger partial charge in [0, 0.05) is 22.0 Å². The molecule has 3 nitrogen and oxygen atoms in total. The van der Waals surface area contributed by atoms with Crippen molar-refractivity contribution >= 4 is 32.9 Å². The van der Waals surface area contributed by atoms with Gasteiger partial charge >= 0.3 is 0 Å². The smallest absolute Gasteiger partial charge is 0.166 e. The van der Waals surface area contributed by atoms with Crippen LogP contribution < -0.4 is 0 Å². The number of hydrogen-bond acceptors (Lipinski definition) is 3. The third-order valence-electron chi connectivity index (χ3n) is 4.34. The van der Waals surface area contributed by atoms with E-state index in [0.717, 1.165) is 51.5 Å². The van der Waals surface area contributed by atoms with Crippen molar-refractivity contribution in [1.29, 1.82) is 0 Å². The molecule has 0 saturated heterocycles. The predicted octanol–water partition coefficient (Wildman–Crippen LogP) is 4.95. The highest BCUT2D eigenvalue weighted by atomic mass is 16.3. The second-order valence-corrected chi connectivity index (χ2v) is 5.97. The first-order valence-electron chi connectivity index (χ1n) is 7.60. The number of nitrogens with zero attached hydrogens (tertiary/aromatic N) is 1. The molecule has 1 aliphatic heterocycles. The fraction of sp³-hybridized carbons (Fsp3) is 0.211. The molecule has 3 aromatic rings. The fourth-order valence-electron chi connectivity index (χ4n) is 3.43. The average Bonchev–Trinajstić information content (AvgIpc) is 2.82. The molecule has 0 spiro atoms. The molecule has 0 atom stereocenters. The lowest BCUT2D eigenvalue weighted by atomic mass is 9.93. The molecule has 3 heteroatoms. The Morgan fingerprint density at radius 1 is 1.05 bits per heavy atom. The van der Waals surface area contributed by atoms with Crippen LogP contribution in [0.1, 0.15) is 30.9 Å². The van der Waals surface area contributed by atoms with Crippen LogP contribution in [0.25, 0.3) is 21.5 Å². The minimum atomic E-state index is -0.0847. The van der Waals surface area contributed by atoms with Gasteiger partial charge in [-0.1, -0.05) is 25.5 Å². The van der Waals surface area contributed by atoms with E-state index in [2.05, 4.69) is 26.0 Å². The van der Waals surface area contributed by atoms with E-state index >= 15 is 0 Å². The lowest BCUT2D eigenvalue weighted by Crippen LogP contribution is -1.97. The summed E-state index contributed by atoms with van der Waals surface area (Å²) >= 11 is 0. The molecule has 0 aliphatic carbocycles. The second-order valence-electron chi connectivity index (χ2n) is 5.97. The van der Waals surface area contributed by atoms with E-state index < -0.39 is 0 Å². The summed E-state index contributed by atoms with van der Waals surface area (Å²) in [6.45, 7) is 4.20. The summed E-state index contributed by atoms with van der Waals surface area (Å²) in [7, 11) is 0. The van der Waals surface area contributed by atoms with Crippen LogP contribution in [-0.2, 0) is 0 Å². The Labute approximate surface area is 128 Å². The summed E-state index contributed by atoms with van der Waals surface area (Å²) in [5.41, 5.74) is 4.38. The van der Waals surface area contributed by atoms with Crippen molar-refractivity contribution in [2.45, 2.75) is 26.7 Å². The molecule has 3 aromatic carbocycles. The number of aliphatic imine (C=N–C) groups is 1. The van der Waals surface area contributed by atoms with Gasteiger partial charge in [-0.2, -0.15) is 0 Å². The van der Waals surface area contributed by atoms with Crippen LogP contribution in [-0.4, -0.2) is 15.9 Å². The maximum absolute atomic E-state index is 10.3. The zero-order valence-electron chi connectivity index (χ0n) is 12.6. The van der Waals surface area contributed by atoms with Gasteiger partial charge in [0.2, 0.25) is 0 Å². The van der Waals surface area contributed by atoms with Crippen LogP contribution in [0.15, 0.2) is 35.3 Å². The van der Waals surface area contributed by atoms with Gasteiger partial charge in [0.25, 0.3) is 0 Å². The summed E-state index contributed by atoms with van der Waals surface area (Å²) in [6.07, 6.45) is 1.99. The number of hydrogen-bond donors (Lipinski definition) is 2. The molecule has 0 saturated carbocycles. The van der Waals surface area contributed by atoms with Crippen LogP contribution in [0.2, 0.25) is 0 Å². The van der Waals surface area contributed by atoms with Crippen LogP contribution in [0.5, 0.6) is 11.5 Å². The third kappa shape index (κ3) is 1.65. The highest BCUT2D eigenvalue weighted by molar-refractivity contribution is 6.26. The molecule has 4 rings (SSSR count). The van der Waals surface area contributed by atoms with Gasteiger partial charge in [-0.15, -0.1) is 0 Å². The minimum absolute atomic E-state index is 0.0514. The molecule has 0 aromatic heterocycles. The van der Waals surface area contributed by atoms with Gasteiger partial charge in [-0.05, 0) is 47.9 Å². The van der Waals surface area contributed by atoms with Crippen LogP contribution in [0.3, 0.4) is 0 Å². The van der Waals surface area contributed by atoms with E-state index in [-0.39, 0.29) is 11.5 Å². The van der Waals surface area contributed by atoms with E-state index in [1.54, 1.807) is 0 Å². The Kier molecular flexibility index (Phi) is 2.67. The first-order chi connectivity index (χ1) is 10.6. The highest BCUT2D eigenvalue weighted by Gasteiger charge is 2.21. The maximum Gasteiger partial charge on any atom is 0.166 e. The van der Waals surface area contributed by atoms with Crippen molar-refractivity contribution in [2.24, 2.45) is 4.99 Å². The Hall–Kier alpha value is -2.55. The molecule has 0 fully saturated rings. The van der Waals surface area contributed by atoms with Crippen molar-refractivity contribution in [3.05, 3.63) is 41.5 Å². The molecule has 22 heavy (non-hydrogen) atoms. The SMILES string of the molecule is CCCC1=Nc2cc3ccc(O)c(O)c3c3cc(C)cc1c23. The number of benzene rings is 3. The molecule has 110 valence electrons. The Morgan fingerprint density at radius 2 is 1.86 bits per heavy atom. The van der Waals surface area contributed by atoms with Crippen LogP contribution in [0, 0.1) is 6.92 Å². The molecule has 0 amide bonds. The van der Waals surface area contributed by atoms with Gasteiger partial charge in [0.05, 0.1) is 5.69 Å². The first-order valence-corrected chi connectivity index (χ1v) is 7.60. The van der Waals surface area contributed by atoms with E-state index in [1.807, 2.05) is 12.1 Å².